The highest BCUT2D eigenvalue weighted by molar-refractivity contribution is 5.68. The number of halogens is 2. The Morgan fingerprint density at radius 3 is 2.79 bits per heavy atom. The molecule has 3 unspecified atom stereocenters. The lowest BCUT2D eigenvalue weighted by atomic mass is 10.0. The van der Waals surface area contributed by atoms with Gasteiger partial charge in [0.25, 0.3) is 0 Å². The minimum absolute atomic E-state index is 0.115. The number of hydrogen-bond acceptors (Lipinski definition) is 8. The lowest BCUT2D eigenvalue weighted by molar-refractivity contribution is 0.0866. The van der Waals surface area contributed by atoms with Crippen LogP contribution >= 0.6 is 0 Å². The first-order valence-electron chi connectivity index (χ1n) is 11.5. The van der Waals surface area contributed by atoms with Gasteiger partial charge in [0.2, 0.25) is 12.3 Å². The first kappa shape index (κ1) is 20.8. The Hall–Kier alpha value is -2.75. The summed E-state index contributed by atoms with van der Waals surface area (Å²) in [5.74, 6) is 1.67. The van der Waals surface area contributed by atoms with Gasteiger partial charge in [-0.2, -0.15) is 4.98 Å². The number of alkyl halides is 2. The summed E-state index contributed by atoms with van der Waals surface area (Å²) in [4.78, 5) is 18.2. The maximum Gasteiger partial charge on any atom is 0.236 e. The van der Waals surface area contributed by atoms with Crippen molar-refractivity contribution < 1.29 is 18.3 Å². The molecule has 176 valence electrons. The first-order chi connectivity index (χ1) is 15.7. The molecule has 1 saturated carbocycles. The zero-order valence-electron chi connectivity index (χ0n) is 18.8. The van der Waals surface area contributed by atoms with Crippen LogP contribution in [0, 0.1) is 5.41 Å². The van der Waals surface area contributed by atoms with E-state index in [1.165, 1.54) is 6.92 Å². The summed E-state index contributed by atoms with van der Waals surface area (Å²) in [5.41, 5.74) is 5.75. The first-order valence-corrected chi connectivity index (χ1v) is 11.5. The molecule has 1 aliphatic carbocycles. The summed E-state index contributed by atoms with van der Waals surface area (Å²) in [6, 6.07) is 3.85. The van der Waals surface area contributed by atoms with E-state index in [1.54, 1.807) is 19.2 Å². The highest BCUT2D eigenvalue weighted by atomic mass is 19.1. The van der Waals surface area contributed by atoms with Crippen LogP contribution in [-0.2, 0) is 4.74 Å². The second-order valence-electron chi connectivity index (χ2n) is 10.0. The molecular formula is C23H28F2N6O2. The molecular weight excluding hydrogens is 430 g/mol. The average Bonchev–Trinajstić information content (AvgIpc) is 3.29. The van der Waals surface area contributed by atoms with Crippen LogP contribution < -0.4 is 20.3 Å². The average molecular weight is 459 g/mol. The molecule has 5 heterocycles. The molecule has 2 N–H and O–H groups in total. The van der Waals surface area contributed by atoms with Crippen molar-refractivity contribution in [3.8, 4) is 17.0 Å². The Bertz CT molecular complexity index is 1100. The highest BCUT2D eigenvalue weighted by Crippen LogP contribution is 2.64. The largest absolute Gasteiger partial charge is 0.457 e. The fourth-order valence-corrected chi connectivity index (χ4v) is 5.61. The number of nitrogens with zero attached hydrogens (tertiary/aromatic N) is 5. The SMILES string of the molecule is CC(F)Oc1cc(-c2cc(N3C[C@@H]4C[C@H]3CO4)nc(N3CCC4(C3)CC4(C)F)n2)cnc1N. The van der Waals surface area contributed by atoms with Gasteiger partial charge in [-0.1, -0.05) is 0 Å². The number of anilines is 3. The third kappa shape index (κ3) is 3.46. The maximum absolute atomic E-state index is 14.7. The number of nitrogens with two attached hydrogens (primary N) is 1. The molecule has 2 aromatic heterocycles. The lowest BCUT2D eigenvalue weighted by Gasteiger charge is -2.29. The number of aromatic nitrogens is 3. The van der Waals surface area contributed by atoms with Gasteiger partial charge in [-0.25, -0.2) is 18.7 Å². The van der Waals surface area contributed by atoms with E-state index in [2.05, 4.69) is 14.8 Å². The van der Waals surface area contributed by atoms with Gasteiger partial charge < -0.3 is 25.0 Å². The number of rotatable bonds is 5. The van der Waals surface area contributed by atoms with Crippen molar-refractivity contribution >= 4 is 17.6 Å². The molecule has 3 aliphatic heterocycles. The molecule has 5 atom stereocenters. The van der Waals surface area contributed by atoms with Gasteiger partial charge in [0.1, 0.15) is 11.5 Å². The van der Waals surface area contributed by atoms with Gasteiger partial charge >= 0.3 is 0 Å². The molecule has 10 heteroatoms. The summed E-state index contributed by atoms with van der Waals surface area (Å²) >= 11 is 0. The highest BCUT2D eigenvalue weighted by Gasteiger charge is 2.68. The van der Waals surface area contributed by atoms with Gasteiger partial charge in [0.15, 0.2) is 11.6 Å². The normalized spacial score (nSPS) is 33.2. The zero-order chi connectivity index (χ0) is 23.0. The Morgan fingerprint density at radius 2 is 2.15 bits per heavy atom. The van der Waals surface area contributed by atoms with Gasteiger partial charge in [-0.3, -0.25) is 0 Å². The van der Waals surface area contributed by atoms with Crippen molar-refractivity contribution in [1.29, 1.82) is 0 Å². The fraction of sp³-hybridized carbons (Fsp3) is 0.609. The predicted molar refractivity (Wildman–Crippen MR) is 120 cm³/mol. The molecule has 33 heavy (non-hydrogen) atoms. The van der Waals surface area contributed by atoms with Crippen LogP contribution in [0.2, 0.25) is 0 Å². The molecule has 0 aromatic carbocycles. The fourth-order valence-electron chi connectivity index (χ4n) is 5.61. The van der Waals surface area contributed by atoms with E-state index in [0.29, 0.717) is 43.3 Å². The molecule has 0 radical (unpaired) electrons. The van der Waals surface area contributed by atoms with Crippen LogP contribution in [0.25, 0.3) is 11.3 Å². The van der Waals surface area contributed by atoms with Crippen molar-refractivity contribution in [2.24, 2.45) is 5.41 Å². The molecule has 0 amide bonds. The Balaban J connectivity index is 1.38. The van der Waals surface area contributed by atoms with Crippen LogP contribution in [0.15, 0.2) is 18.3 Å². The number of hydrogen-bond donors (Lipinski definition) is 1. The topological polar surface area (TPSA) is 89.6 Å². The third-order valence-corrected chi connectivity index (χ3v) is 7.65. The van der Waals surface area contributed by atoms with Crippen molar-refractivity contribution in [1.82, 2.24) is 15.0 Å². The molecule has 8 nitrogen and oxygen atoms in total. The second kappa shape index (κ2) is 7.12. The molecule has 2 aromatic rings. The summed E-state index contributed by atoms with van der Waals surface area (Å²) in [6.07, 6.45) is 2.66. The number of ether oxygens (including phenoxy) is 2. The maximum atomic E-state index is 14.7. The van der Waals surface area contributed by atoms with Crippen LogP contribution in [0.4, 0.5) is 26.4 Å². The van der Waals surface area contributed by atoms with Gasteiger partial charge in [0.05, 0.1) is 24.4 Å². The van der Waals surface area contributed by atoms with E-state index >= 15 is 0 Å². The van der Waals surface area contributed by atoms with Crippen molar-refractivity contribution in [2.75, 3.05) is 41.8 Å². The smallest absolute Gasteiger partial charge is 0.236 e. The van der Waals surface area contributed by atoms with E-state index in [0.717, 1.165) is 25.2 Å². The Labute approximate surface area is 191 Å². The van der Waals surface area contributed by atoms with Crippen LogP contribution in [0.1, 0.15) is 33.1 Å². The summed E-state index contributed by atoms with van der Waals surface area (Å²) in [7, 11) is 0. The zero-order valence-corrected chi connectivity index (χ0v) is 18.8. The van der Waals surface area contributed by atoms with Crippen molar-refractivity contribution in [3.05, 3.63) is 18.3 Å². The lowest BCUT2D eigenvalue weighted by Crippen LogP contribution is -2.38. The molecule has 3 saturated heterocycles. The number of nitrogen functional groups attached to an aromatic ring is 1. The Morgan fingerprint density at radius 1 is 1.33 bits per heavy atom. The standard InChI is InChI=1S/C23H28F2N6O2/c1-13(24)33-18-5-14(8-27-20(18)26)17-7-19(31-9-16-6-15(31)10-32-16)29-21(28-17)30-4-3-23(12-30)11-22(23,2)25/h5,7-8,13,15-16H,3-4,6,9-12H2,1-2H3,(H2,26,27)/t13?,15-,16-,22?,23?/m0/s1. The second-order valence-corrected chi connectivity index (χ2v) is 10.0. The summed E-state index contributed by atoms with van der Waals surface area (Å²) in [6.45, 7) is 5.75. The summed E-state index contributed by atoms with van der Waals surface area (Å²) in [5, 5.41) is 0. The molecule has 1 spiro atoms. The molecule has 2 bridgehead atoms. The van der Waals surface area contributed by atoms with Crippen LogP contribution in [-0.4, -0.2) is 65.4 Å². The van der Waals surface area contributed by atoms with E-state index in [9.17, 15) is 8.78 Å². The monoisotopic (exact) mass is 458 g/mol. The minimum atomic E-state index is -1.52. The quantitative estimate of drug-likeness (QED) is 0.731. The molecule has 4 fully saturated rings. The van der Waals surface area contributed by atoms with E-state index in [-0.39, 0.29) is 29.1 Å². The van der Waals surface area contributed by atoms with Crippen molar-refractivity contribution in [3.63, 3.8) is 0 Å². The number of fused-ring (bicyclic) bond motifs is 2. The Kier molecular flexibility index (Phi) is 4.50. The minimum Gasteiger partial charge on any atom is -0.457 e. The summed E-state index contributed by atoms with van der Waals surface area (Å²) < 4.78 is 39.1. The van der Waals surface area contributed by atoms with E-state index in [1.807, 2.05) is 6.07 Å². The molecule has 4 aliphatic rings. The number of morpholine rings is 1. The van der Waals surface area contributed by atoms with E-state index in [4.69, 9.17) is 25.2 Å². The van der Waals surface area contributed by atoms with Gasteiger partial charge in [-0.15, -0.1) is 0 Å². The molecule has 6 rings (SSSR count). The van der Waals surface area contributed by atoms with Gasteiger partial charge in [-0.05, 0) is 32.3 Å². The van der Waals surface area contributed by atoms with Crippen molar-refractivity contribution in [2.45, 2.75) is 57.3 Å². The predicted octanol–water partition coefficient (Wildman–Crippen LogP) is 3.12. The van der Waals surface area contributed by atoms with E-state index < -0.39 is 12.0 Å². The third-order valence-electron chi connectivity index (χ3n) is 7.65. The van der Waals surface area contributed by atoms with Crippen LogP contribution in [0.5, 0.6) is 5.75 Å². The van der Waals surface area contributed by atoms with Crippen LogP contribution in [0.3, 0.4) is 0 Å². The number of pyridine rings is 1. The van der Waals surface area contributed by atoms with Gasteiger partial charge in [0, 0.05) is 49.8 Å².